The van der Waals surface area contributed by atoms with E-state index in [1.165, 1.54) is 11.1 Å². The third-order valence-corrected chi connectivity index (χ3v) is 6.18. The van der Waals surface area contributed by atoms with E-state index in [1.807, 2.05) is 19.9 Å². The Bertz CT molecular complexity index is 803. The van der Waals surface area contributed by atoms with E-state index in [1.54, 1.807) is 6.07 Å². The van der Waals surface area contributed by atoms with Gasteiger partial charge in [-0.15, -0.1) is 0 Å². The summed E-state index contributed by atoms with van der Waals surface area (Å²) in [4.78, 5) is 0. The van der Waals surface area contributed by atoms with Crippen LogP contribution in [0.4, 0.5) is 0 Å². The molecule has 2 nitrogen and oxygen atoms in total. The standard InChI is InChI=1S/C21H24O2/c1-19(2)12-21(14-9-6-5-8-13(14)19)15-10-7-11-16(22)17(15)20(3,4)18(21)23/h5-11,18,22-23H,12H2,1-4H3. The normalized spacial score (nSPS) is 29.5. The topological polar surface area (TPSA) is 40.5 Å². The molecule has 2 aromatic carbocycles. The number of fused-ring (bicyclic) bond motifs is 4. The smallest absolute Gasteiger partial charge is 0.119 e. The molecule has 0 aliphatic heterocycles. The fourth-order valence-electron chi connectivity index (χ4n) is 5.32. The molecule has 2 atom stereocenters. The Kier molecular flexibility index (Phi) is 2.69. The second-order valence-electron chi connectivity index (χ2n) is 8.40. The van der Waals surface area contributed by atoms with Gasteiger partial charge in [-0.25, -0.2) is 0 Å². The second-order valence-corrected chi connectivity index (χ2v) is 8.40. The van der Waals surface area contributed by atoms with Gasteiger partial charge in [-0.05, 0) is 34.6 Å². The van der Waals surface area contributed by atoms with Crippen molar-refractivity contribution in [1.82, 2.24) is 0 Å². The minimum atomic E-state index is -0.554. The van der Waals surface area contributed by atoms with Crippen LogP contribution >= 0.6 is 0 Å². The van der Waals surface area contributed by atoms with E-state index >= 15 is 0 Å². The molecule has 0 saturated carbocycles. The number of aliphatic hydroxyl groups is 1. The van der Waals surface area contributed by atoms with E-state index in [0.717, 1.165) is 17.5 Å². The SMILES string of the molecule is CC1(C)CC2(c3ccccc31)c1cccc(O)c1C(C)(C)C2O. The molecule has 4 rings (SSSR count). The first-order valence-electron chi connectivity index (χ1n) is 8.34. The highest BCUT2D eigenvalue weighted by atomic mass is 16.3. The number of benzene rings is 2. The third kappa shape index (κ3) is 1.57. The molecule has 2 aromatic rings. The molecule has 2 aliphatic carbocycles. The maximum absolute atomic E-state index is 11.4. The largest absolute Gasteiger partial charge is 0.508 e. The number of rotatable bonds is 0. The monoisotopic (exact) mass is 308 g/mol. The van der Waals surface area contributed by atoms with Crippen LogP contribution in [0, 0.1) is 0 Å². The maximum Gasteiger partial charge on any atom is 0.119 e. The molecule has 0 amide bonds. The van der Waals surface area contributed by atoms with Gasteiger partial charge in [-0.3, -0.25) is 0 Å². The Morgan fingerprint density at radius 2 is 1.48 bits per heavy atom. The summed E-state index contributed by atoms with van der Waals surface area (Å²) in [5, 5.41) is 21.9. The zero-order chi connectivity index (χ0) is 16.6. The Labute approximate surface area is 137 Å². The van der Waals surface area contributed by atoms with Crippen LogP contribution in [-0.4, -0.2) is 16.3 Å². The van der Waals surface area contributed by atoms with E-state index < -0.39 is 16.9 Å². The Balaban J connectivity index is 2.11. The molecule has 2 N–H and O–H groups in total. The summed E-state index contributed by atoms with van der Waals surface area (Å²) < 4.78 is 0. The Hall–Kier alpha value is -1.80. The second kappa shape index (κ2) is 4.18. The molecular formula is C21H24O2. The first kappa shape index (κ1) is 14.8. The highest BCUT2D eigenvalue weighted by molar-refractivity contribution is 5.64. The van der Waals surface area contributed by atoms with Gasteiger partial charge in [0.05, 0.1) is 6.10 Å². The van der Waals surface area contributed by atoms with Crippen LogP contribution in [0.1, 0.15) is 56.4 Å². The summed E-state index contributed by atoms with van der Waals surface area (Å²) in [5.41, 5.74) is 3.61. The van der Waals surface area contributed by atoms with Gasteiger partial charge in [0.15, 0.2) is 0 Å². The van der Waals surface area contributed by atoms with Crippen LogP contribution in [-0.2, 0) is 16.2 Å². The summed E-state index contributed by atoms with van der Waals surface area (Å²) in [6.07, 6.45) is 0.307. The molecule has 0 aromatic heterocycles. The van der Waals surface area contributed by atoms with E-state index in [9.17, 15) is 10.2 Å². The van der Waals surface area contributed by atoms with Crippen LogP contribution in [0.2, 0.25) is 0 Å². The van der Waals surface area contributed by atoms with E-state index in [0.29, 0.717) is 5.75 Å². The summed E-state index contributed by atoms with van der Waals surface area (Å²) in [7, 11) is 0. The highest BCUT2D eigenvalue weighted by Crippen LogP contribution is 2.63. The van der Waals surface area contributed by atoms with E-state index in [2.05, 4.69) is 44.2 Å². The fraction of sp³-hybridized carbons (Fsp3) is 0.429. The molecule has 120 valence electrons. The zero-order valence-electron chi connectivity index (χ0n) is 14.2. The van der Waals surface area contributed by atoms with Crippen molar-refractivity contribution in [2.45, 2.75) is 56.5 Å². The van der Waals surface area contributed by atoms with Gasteiger partial charge in [0.25, 0.3) is 0 Å². The summed E-state index contributed by atoms with van der Waals surface area (Å²) in [6.45, 7) is 8.58. The van der Waals surface area contributed by atoms with Crippen molar-refractivity contribution in [3.8, 4) is 5.75 Å². The number of aromatic hydroxyl groups is 1. The average Bonchev–Trinajstić information content (AvgIpc) is 2.84. The number of hydrogen-bond donors (Lipinski definition) is 2. The van der Waals surface area contributed by atoms with Crippen molar-refractivity contribution in [1.29, 1.82) is 0 Å². The van der Waals surface area contributed by atoms with Crippen molar-refractivity contribution >= 4 is 0 Å². The van der Waals surface area contributed by atoms with Crippen LogP contribution in [0.3, 0.4) is 0 Å². The predicted molar refractivity (Wildman–Crippen MR) is 92.0 cm³/mol. The van der Waals surface area contributed by atoms with Gasteiger partial charge < -0.3 is 10.2 Å². The van der Waals surface area contributed by atoms with Crippen molar-refractivity contribution in [2.75, 3.05) is 0 Å². The molecule has 0 fully saturated rings. The van der Waals surface area contributed by atoms with E-state index in [4.69, 9.17) is 0 Å². The quantitative estimate of drug-likeness (QED) is 0.772. The van der Waals surface area contributed by atoms with Crippen molar-refractivity contribution < 1.29 is 10.2 Å². The lowest BCUT2D eigenvalue weighted by molar-refractivity contribution is 0.0525. The highest BCUT2D eigenvalue weighted by Gasteiger charge is 2.62. The fourth-order valence-corrected chi connectivity index (χ4v) is 5.32. The Morgan fingerprint density at radius 3 is 2.17 bits per heavy atom. The summed E-state index contributed by atoms with van der Waals surface area (Å²) in [6, 6.07) is 14.2. The molecule has 23 heavy (non-hydrogen) atoms. The summed E-state index contributed by atoms with van der Waals surface area (Å²) >= 11 is 0. The van der Waals surface area contributed by atoms with Gasteiger partial charge in [0.1, 0.15) is 5.75 Å². The van der Waals surface area contributed by atoms with Crippen molar-refractivity contribution in [3.63, 3.8) is 0 Å². The number of aliphatic hydroxyl groups excluding tert-OH is 1. The lowest BCUT2D eigenvalue weighted by atomic mass is 9.70. The van der Waals surface area contributed by atoms with E-state index in [-0.39, 0.29) is 5.41 Å². The molecule has 2 heteroatoms. The van der Waals surface area contributed by atoms with Gasteiger partial charge in [0.2, 0.25) is 0 Å². The number of phenolic OH excluding ortho intramolecular Hbond substituents is 1. The third-order valence-electron chi connectivity index (χ3n) is 6.18. The Morgan fingerprint density at radius 1 is 0.870 bits per heavy atom. The minimum absolute atomic E-state index is 0.000718. The van der Waals surface area contributed by atoms with Gasteiger partial charge >= 0.3 is 0 Å². The molecule has 0 saturated heterocycles. The molecule has 1 spiro atoms. The van der Waals surface area contributed by atoms with Crippen molar-refractivity contribution in [2.24, 2.45) is 0 Å². The first-order valence-corrected chi connectivity index (χ1v) is 8.34. The van der Waals surface area contributed by atoms with Crippen LogP contribution in [0.25, 0.3) is 0 Å². The first-order chi connectivity index (χ1) is 10.7. The zero-order valence-corrected chi connectivity index (χ0v) is 14.2. The molecular weight excluding hydrogens is 284 g/mol. The molecule has 0 heterocycles. The van der Waals surface area contributed by atoms with Crippen LogP contribution in [0.15, 0.2) is 42.5 Å². The van der Waals surface area contributed by atoms with Gasteiger partial charge in [-0.1, -0.05) is 64.1 Å². The molecule has 0 bridgehead atoms. The van der Waals surface area contributed by atoms with Crippen LogP contribution < -0.4 is 0 Å². The van der Waals surface area contributed by atoms with Crippen molar-refractivity contribution in [3.05, 3.63) is 64.7 Å². The molecule has 2 unspecified atom stereocenters. The number of hydrogen-bond acceptors (Lipinski definition) is 2. The number of phenols is 1. The predicted octanol–water partition coefficient (Wildman–Crippen LogP) is 4.01. The molecule has 0 radical (unpaired) electrons. The minimum Gasteiger partial charge on any atom is -0.508 e. The lowest BCUT2D eigenvalue weighted by Crippen LogP contribution is -2.43. The average molecular weight is 308 g/mol. The van der Waals surface area contributed by atoms with Crippen LogP contribution in [0.5, 0.6) is 5.75 Å². The summed E-state index contributed by atoms with van der Waals surface area (Å²) in [5.74, 6) is 0.297. The van der Waals surface area contributed by atoms with Gasteiger partial charge in [-0.2, -0.15) is 0 Å². The van der Waals surface area contributed by atoms with Gasteiger partial charge in [0, 0.05) is 16.4 Å². The lowest BCUT2D eigenvalue weighted by Gasteiger charge is -2.36. The maximum atomic E-state index is 11.4. The molecule has 2 aliphatic rings.